The van der Waals surface area contributed by atoms with Crippen molar-refractivity contribution in [1.29, 1.82) is 0 Å². The van der Waals surface area contributed by atoms with Gasteiger partial charge in [0.2, 0.25) is 5.88 Å². The maximum Gasteiger partial charge on any atom is 0.214 e. The number of pyridine rings is 1. The molecule has 2 aromatic heterocycles. The zero-order chi connectivity index (χ0) is 22.1. The van der Waals surface area contributed by atoms with Crippen molar-refractivity contribution in [3.63, 3.8) is 0 Å². The van der Waals surface area contributed by atoms with E-state index < -0.39 is 5.82 Å². The standard InChI is InChI=1S/C22H23ClFN5O3/c1-22(9-30-10-22)11-31-16-4-2-14(19(24)18(16)23)28-21-20-15(26-12-27-21)3-5-17(29-20)32-13-6-7-25-8-13/h2-5,12-13,25H,6-11H2,1H3,(H,26,27,28)/t13-/m0/s1. The first-order valence-electron chi connectivity index (χ1n) is 10.5. The van der Waals surface area contributed by atoms with Gasteiger partial charge in [0.15, 0.2) is 11.6 Å². The van der Waals surface area contributed by atoms with Gasteiger partial charge in [0.1, 0.15) is 28.7 Å². The van der Waals surface area contributed by atoms with Gasteiger partial charge < -0.3 is 24.8 Å². The summed E-state index contributed by atoms with van der Waals surface area (Å²) in [4.78, 5) is 13.0. The number of nitrogens with one attached hydrogen (secondary N) is 2. The molecule has 32 heavy (non-hydrogen) atoms. The predicted octanol–water partition coefficient (Wildman–Crippen LogP) is 3.72. The van der Waals surface area contributed by atoms with Crippen molar-refractivity contribution in [2.24, 2.45) is 5.41 Å². The lowest BCUT2D eigenvalue weighted by atomic mass is 9.90. The van der Waals surface area contributed by atoms with Crippen LogP contribution < -0.4 is 20.1 Å². The van der Waals surface area contributed by atoms with Gasteiger partial charge >= 0.3 is 0 Å². The summed E-state index contributed by atoms with van der Waals surface area (Å²) in [5.41, 5.74) is 1.18. The van der Waals surface area contributed by atoms with Crippen LogP contribution in [0.1, 0.15) is 13.3 Å². The van der Waals surface area contributed by atoms with Crippen LogP contribution in [0.3, 0.4) is 0 Å². The molecule has 0 amide bonds. The topological polar surface area (TPSA) is 90.4 Å². The number of rotatable bonds is 7. The van der Waals surface area contributed by atoms with E-state index in [1.54, 1.807) is 24.3 Å². The van der Waals surface area contributed by atoms with E-state index in [1.165, 1.54) is 6.33 Å². The molecular formula is C22H23ClFN5O3. The zero-order valence-electron chi connectivity index (χ0n) is 17.5. The van der Waals surface area contributed by atoms with E-state index in [0.717, 1.165) is 19.5 Å². The van der Waals surface area contributed by atoms with E-state index in [4.69, 9.17) is 25.8 Å². The van der Waals surface area contributed by atoms with Crippen molar-refractivity contribution in [2.75, 3.05) is 38.2 Å². The van der Waals surface area contributed by atoms with E-state index in [-0.39, 0.29) is 28.0 Å². The van der Waals surface area contributed by atoms with Crippen LogP contribution in [0.15, 0.2) is 30.6 Å². The van der Waals surface area contributed by atoms with Gasteiger partial charge in [0.05, 0.1) is 31.0 Å². The molecular weight excluding hydrogens is 437 g/mol. The molecule has 168 valence electrons. The van der Waals surface area contributed by atoms with E-state index in [0.29, 0.717) is 42.6 Å². The van der Waals surface area contributed by atoms with Crippen LogP contribution in [0.5, 0.6) is 11.6 Å². The number of hydrogen-bond donors (Lipinski definition) is 2. The number of halogens is 2. The van der Waals surface area contributed by atoms with Gasteiger partial charge in [-0.15, -0.1) is 0 Å². The quantitative estimate of drug-likeness (QED) is 0.552. The Balaban J connectivity index is 1.37. The number of aromatic nitrogens is 3. The molecule has 4 heterocycles. The molecule has 0 radical (unpaired) electrons. The van der Waals surface area contributed by atoms with Gasteiger partial charge in [0, 0.05) is 18.0 Å². The number of nitrogens with zero attached hydrogens (tertiary/aromatic N) is 3. The third-order valence-electron chi connectivity index (χ3n) is 5.54. The van der Waals surface area contributed by atoms with Crippen molar-refractivity contribution in [3.8, 4) is 11.6 Å². The summed E-state index contributed by atoms with van der Waals surface area (Å²) in [7, 11) is 0. The first-order chi connectivity index (χ1) is 15.5. The summed E-state index contributed by atoms with van der Waals surface area (Å²) in [5, 5.41) is 6.14. The van der Waals surface area contributed by atoms with Crippen LogP contribution in [-0.4, -0.2) is 54.0 Å². The molecule has 10 heteroatoms. The van der Waals surface area contributed by atoms with E-state index in [2.05, 4.69) is 25.6 Å². The van der Waals surface area contributed by atoms with Gasteiger partial charge in [-0.1, -0.05) is 18.5 Å². The molecule has 0 saturated carbocycles. The average Bonchev–Trinajstić information content (AvgIpc) is 3.28. The average molecular weight is 460 g/mol. The van der Waals surface area contributed by atoms with Gasteiger partial charge in [0.25, 0.3) is 0 Å². The van der Waals surface area contributed by atoms with E-state index in [9.17, 15) is 0 Å². The Kier molecular flexibility index (Phi) is 5.71. The van der Waals surface area contributed by atoms with Crippen LogP contribution in [-0.2, 0) is 4.74 Å². The molecule has 3 aromatic rings. The Morgan fingerprint density at radius 1 is 1.28 bits per heavy atom. The maximum atomic E-state index is 15.0. The molecule has 2 saturated heterocycles. The van der Waals surface area contributed by atoms with Crippen molar-refractivity contribution >= 4 is 34.1 Å². The molecule has 0 bridgehead atoms. The maximum absolute atomic E-state index is 15.0. The molecule has 2 fully saturated rings. The zero-order valence-corrected chi connectivity index (χ0v) is 18.3. The van der Waals surface area contributed by atoms with Crippen molar-refractivity contribution in [3.05, 3.63) is 41.4 Å². The minimum absolute atomic E-state index is 0.0681. The lowest BCUT2D eigenvalue weighted by Gasteiger charge is -2.37. The summed E-state index contributed by atoms with van der Waals surface area (Å²) in [6.45, 7) is 5.37. The van der Waals surface area contributed by atoms with Crippen molar-refractivity contribution < 1.29 is 18.6 Å². The molecule has 1 aromatic carbocycles. The second kappa shape index (κ2) is 8.65. The van der Waals surface area contributed by atoms with E-state index >= 15 is 4.39 Å². The minimum Gasteiger partial charge on any atom is -0.491 e. The SMILES string of the molecule is CC1(COc2ccc(Nc3ncnc4ccc(O[C@H]5CCNC5)nc34)c(F)c2Cl)COC1. The van der Waals surface area contributed by atoms with E-state index in [1.807, 2.05) is 6.92 Å². The Hall–Kier alpha value is -2.75. The Morgan fingerprint density at radius 3 is 2.91 bits per heavy atom. The largest absolute Gasteiger partial charge is 0.491 e. The van der Waals surface area contributed by atoms with Crippen LogP contribution >= 0.6 is 11.6 Å². The predicted molar refractivity (Wildman–Crippen MR) is 118 cm³/mol. The summed E-state index contributed by atoms with van der Waals surface area (Å²) in [6.07, 6.45) is 2.38. The third-order valence-corrected chi connectivity index (χ3v) is 5.89. The van der Waals surface area contributed by atoms with Gasteiger partial charge in [-0.05, 0) is 31.2 Å². The molecule has 2 N–H and O–H groups in total. The highest BCUT2D eigenvalue weighted by Crippen LogP contribution is 2.36. The van der Waals surface area contributed by atoms with Crippen molar-refractivity contribution in [1.82, 2.24) is 20.3 Å². The van der Waals surface area contributed by atoms with Gasteiger partial charge in [-0.3, -0.25) is 0 Å². The normalized spacial score (nSPS) is 19.5. The number of anilines is 2. The summed E-state index contributed by atoms with van der Waals surface area (Å²) < 4.78 is 31.9. The van der Waals surface area contributed by atoms with Gasteiger partial charge in [-0.2, -0.15) is 0 Å². The molecule has 2 aliphatic rings. The molecule has 2 aliphatic heterocycles. The Morgan fingerprint density at radius 2 is 2.16 bits per heavy atom. The highest BCUT2D eigenvalue weighted by molar-refractivity contribution is 6.32. The second-order valence-electron chi connectivity index (χ2n) is 8.43. The summed E-state index contributed by atoms with van der Waals surface area (Å²) in [5.74, 6) is 0.484. The molecule has 0 aliphatic carbocycles. The molecule has 5 rings (SSSR count). The molecule has 8 nitrogen and oxygen atoms in total. The number of hydrogen-bond acceptors (Lipinski definition) is 8. The smallest absolute Gasteiger partial charge is 0.214 e. The second-order valence-corrected chi connectivity index (χ2v) is 8.81. The number of benzene rings is 1. The lowest BCUT2D eigenvalue weighted by Crippen LogP contribution is -2.44. The first kappa shape index (κ1) is 21.1. The fraction of sp³-hybridized carbons (Fsp3) is 0.409. The molecule has 0 unspecified atom stereocenters. The highest BCUT2D eigenvalue weighted by Gasteiger charge is 2.34. The van der Waals surface area contributed by atoms with Crippen molar-refractivity contribution in [2.45, 2.75) is 19.4 Å². The number of fused-ring (bicyclic) bond motifs is 1. The fourth-order valence-corrected chi connectivity index (χ4v) is 3.85. The fourth-order valence-electron chi connectivity index (χ4n) is 3.63. The molecule has 0 spiro atoms. The minimum atomic E-state index is -0.629. The summed E-state index contributed by atoms with van der Waals surface area (Å²) in [6, 6.07) is 6.77. The number of ether oxygens (including phenoxy) is 3. The molecule has 1 atom stereocenters. The van der Waals surface area contributed by atoms with Crippen LogP contribution in [0.4, 0.5) is 15.9 Å². The monoisotopic (exact) mass is 459 g/mol. The van der Waals surface area contributed by atoms with Crippen LogP contribution in [0.25, 0.3) is 11.0 Å². The van der Waals surface area contributed by atoms with Crippen LogP contribution in [0, 0.1) is 11.2 Å². The Labute approximate surface area is 189 Å². The first-order valence-corrected chi connectivity index (χ1v) is 10.8. The lowest BCUT2D eigenvalue weighted by molar-refractivity contribution is -0.120. The summed E-state index contributed by atoms with van der Waals surface area (Å²) >= 11 is 6.25. The van der Waals surface area contributed by atoms with Gasteiger partial charge in [-0.25, -0.2) is 19.3 Å². The highest BCUT2D eigenvalue weighted by atomic mass is 35.5. The third kappa shape index (κ3) is 4.28. The van der Waals surface area contributed by atoms with Crippen LogP contribution in [0.2, 0.25) is 5.02 Å². The Bertz CT molecular complexity index is 1140.